The number of amides is 2. The molecule has 7 heteroatoms. The Bertz CT molecular complexity index is 764. The summed E-state index contributed by atoms with van der Waals surface area (Å²) < 4.78 is 10.7. The fourth-order valence-electron chi connectivity index (χ4n) is 2.15. The SMILES string of the molecule is CC[C@@H](Oc1ccccc1)C(=O)O[C@@H](C)C(=O)NNC(=O)c1ccccc1. The van der Waals surface area contributed by atoms with Gasteiger partial charge in [-0.15, -0.1) is 0 Å². The first-order chi connectivity index (χ1) is 13.0. The number of carbonyl (C=O) groups is 3. The molecule has 0 aliphatic rings. The lowest BCUT2D eigenvalue weighted by Gasteiger charge is -2.19. The monoisotopic (exact) mass is 370 g/mol. The van der Waals surface area contributed by atoms with Gasteiger partial charge >= 0.3 is 5.97 Å². The van der Waals surface area contributed by atoms with Gasteiger partial charge in [-0.05, 0) is 37.6 Å². The number of carbonyl (C=O) groups excluding carboxylic acids is 3. The van der Waals surface area contributed by atoms with Crippen LogP contribution < -0.4 is 15.6 Å². The van der Waals surface area contributed by atoms with Crippen molar-refractivity contribution in [1.29, 1.82) is 0 Å². The normalized spacial score (nSPS) is 12.4. The first-order valence-corrected chi connectivity index (χ1v) is 8.58. The Hall–Kier alpha value is -3.35. The summed E-state index contributed by atoms with van der Waals surface area (Å²) in [6.45, 7) is 3.19. The zero-order chi connectivity index (χ0) is 19.6. The molecule has 0 heterocycles. The Labute approximate surface area is 157 Å². The van der Waals surface area contributed by atoms with Gasteiger partial charge in [-0.3, -0.25) is 20.4 Å². The van der Waals surface area contributed by atoms with Crippen molar-refractivity contribution >= 4 is 17.8 Å². The summed E-state index contributed by atoms with van der Waals surface area (Å²) in [5.41, 5.74) is 4.90. The van der Waals surface area contributed by atoms with Crippen LogP contribution in [0.5, 0.6) is 5.75 Å². The number of benzene rings is 2. The first kappa shape index (κ1) is 20.0. The number of nitrogens with one attached hydrogen (secondary N) is 2. The van der Waals surface area contributed by atoms with Gasteiger partial charge in [-0.1, -0.05) is 43.3 Å². The van der Waals surface area contributed by atoms with Crippen molar-refractivity contribution in [3.63, 3.8) is 0 Å². The van der Waals surface area contributed by atoms with E-state index >= 15 is 0 Å². The summed E-state index contributed by atoms with van der Waals surface area (Å²) in [7, 11) is 0. The third kappa shape index (κ3) is 6.14. The minimum atomic E-state index is -1.10. The number of hydrogen-bond acceptors (Lipinski definition) is 5. The molecule has 142 valence electrons. The second-order valence-electron chi connectivity index (χ2n) is 5.72. The molecule has 2 rings (SSSR count). The van der Waals surface area contributed by atoms with Crippen molar-refractivity contribution in [2.75, 3.05) is 0 Å². The predicted molar refractivity (Wildman–Crippen MR) is 98.8 cm³/mol. The maximum absolute atomic E-state index is 12.2. The molecule has 0 radical (unpaired) electrons. The topological polar surface area (TPSA) is 93.7 Å². The van der Waals surface area contributed by atoms with Gasteiger partial charge in [0, 0.05) is 5.56 Å². The van der Waals surface area contributed by atoms with Crippen LogP contribution in [0.15, 0.2) is 60.7 Å². The second-order valence-corrected chi connectivity index (χ2v) is 5.72. The van der Waals surface area contributed by atoms with Crippen LogP contribution in [-0.4, -0.2) is 30.0 Å². The molecule has 2 atom stereocenters. The smallest absolute Gasteiger partial charge is 0.348 e. The third-order valence-electron chi connectivity index (χ3n) is 3.65. The molecule has 2 amide bonds. The number of rotatable bonds is 7. The van der Waals surface area contributed by atoms with Crippen molar-refractivity contribution in [3.8, 4) is 5.75 Å². The molecular formula is C20H22N2O5. The van der Waals surface area contributed by atoms with E-state index in [0.29, 0.717) is 17.7 Å². The zero-order valence-electron chi connectivity index (χ0n) is 15.2. The first-order valence-electron chi connectivity index (χ1n) is 8.58. The van der Waals surface area contributed by atoms with Gasteiger partial charge in [-0.2, -0.15) is 0 Å². The van der Waals surface area contributed by atoms with Crippen molar-refractivity contribution < 1.29 is 23.9 Å². The molecule has 2 aromatic rings. The number of esters is 1. The highest BCUT2D eigenvalue weighted by Crippen LogP contribution is 2.14. The zero-order valence-corrected chi connectivity index (χ0v) is 15.2. The van der Waals surface area contributed by atoms with Crippen LogP contribution in [0.4, 0.5) is 0 Å². The molecule has 2 aromatic carbocycles. The molecule has 0 fully saturated rings. The average molecular weight is 370 g/mol. The van der Waals surface area contributed by atoms with Gasteiger partial charge in [0.05, 0.1) is 0 Å². The lowest BCUT2D eigenvalue weighted by atomic mass is 10.2. The highest BCUT2D eigenvalue weighted by Gasteiger charge is 2.25. The molecule has 27 heavy (non-hydrogen) atoms. The Morgan fingerprint density at radius 2 is 1.52 bits per heavy atom. The maximum Gasteiger partial charge on any atom is 0.348 e. The second kappa shape index (κ2) is 9.96. The van der Waals surface area contributed by atoms with Crippen molar-refractivity contribution in [1.82, 2.24) is 10.9 Å². The Morgan fingerprint density at radius 3 is 2.11 bits per heavy atom. The van der Waals surface area contributed by atoms with E-state index in [2.05, 4.69) is 10.9 Å². The maximum atomic E-state index is 12.2. The standard InChI is InChI=1S/C20H22N2O5/c1-3-17(27-16-12-8-5-9-13-16)20(25)26-14(2)18(23)21-22-19(24)15-10-6-4-7-11-15/h4-14,17H,3H2,1-2H3,(H,21,23)(H,22,24)/t14-,17+/m0/s1. The fourth-order valence-corrected chi connectivity index (χ4v) is 2.15. The number of hydrogen-bond donors (Lipinski definition) is 2. The molecule has 0 aliphatic carbocycles. The van der Waals surface area contributed by atoms with Crippen LogP contribution >= 0.6 is 0 Å². The van der Waals surface area contributed by atoms with Gasteiger partial charge in [0.1, 0.15) is 5.75 Å². The van der Waals surface area contributed by atoms with Crippen LogP contribution in [-0.2, 0) is 14.3 Å². The van der Waals surface area contributed by atoms with Crippen LogP contribution in [0.25, 0.3) is 0 Å². The van der Waals surface area contributed by atoms with Gasteiger partial charge in [0.2, 0.25) is 0 Å². The predicted octanol–water partition coefficient (Wildman–Crippen LogP) is 2.24. The van der Waals surface area contributed by atoms with E-state index in [4.69, 9.17) is 9.47 Å². The van der Waals surface area contributed by atoms with E-state index in [1.54, 1.807) is 61.5 Å². The summed E-state index contributed by atoms with van der Waals surface area (Å²) >= 11 is 0. The molecule has 0 unspecified atom stereocenters. The molecule has 0 aliphatic heterocycles. The van der Waals surface area contributed by atoms with E-state index in [1.165, 1.54) is 6.92 Å². The Balaban J connectivity index is 1.83. The van der Waals surface area contributed by atoms with Gasteiger partial charge in [0.15, 0.2) is 12.2 Å². The molecule has 7 nitrogen and oxygen atoms in total. The van der Waals surface area contributed by atoms with Crippen molar-refractivity contribution in [2.45, 2.75) is 32.5 Å². The molecule has 2 N–H and O–H groups in total. The lowest BCUT2D eigenvalue weighted by Crippen LogP contribution is -2.47. The Kier molecular flexibility index (Phi) is 7.37. The Morgan fingerprint density at radius 1 is 0.926 bits per heavy atom. The molecule has 0 aromatic heterocycles. The highest BCUT2D eigenvalue weighted by molar-refractivity contribution is 5.95. The fraction of sp³-hybridized carbons (Fsp3) is 0.250. The van der Waals surface area contributed by atoms with Crippen LogP contribution in [0.2, 0.25) is 0 Å². The quantitative estimate of drug-likeness (QED) is 0.576. The van der Waals surface area contributed by atoms with E-state index in [1.807, 2.05) is 6.07 Å². The van der Waals surface area contributed by atoms with Crippen LogP contribution in [0.3, 0.4) is 0 Å². The van der Waals surface area contributed by atoms with Crippen molar-refractivity contribution in [2.24, 2.45) is 0 Å². The molecule has 0 saturated carbocycles. The van der Waals surface area contributed by atoms with Crippen LogP contribution in [0, 0.1) is 0 Å². The molecule has 0 saturated heterocycles. The van der Waals surface area contributed by atoms with Crippen LogP contribution in [0.1, 0.15) is 30.6 Å². The highest BCUT2D eigenvalue weighted by atomic mass is 16.6. The minimum Gasteiger partial charge on any atom is -0.479 e. The van der Waals surface area contributed by atoms with E-state index in [9.17, 15) is 14.4 Å². The summed E-state index contributed by atoms with van der Waals surface area (Å²) in [6, 6.07) is 17.3. The third-order valence-corrected chi connectivity index (χ3v) is 3.65. The molecular weight excluding hydrogens is 348 g/mol. The lowest BCUT2D eigenvalue weighted by molar-refractivity contribution is -0.161. The van der Waals surface area contributed by atoms with E-state index in [0.717, 1.165) is 0 Å². The van der Waals surface area contributed by atoms with Gasteiger partial charge in [0.25, 0.3) is 11.8 Å². The summed E-state index contributed by atoms with van der Waals surface area (Å²) in [6.07, 6.45) is -1.55. The van der Waals surface area contributed by atoms with Crippen molar-refractivity contribution in [3.05, 3.63) is 66.2 Å². The minimum absolute atomic E-state index is 0.382. The summed E-state index contributed by atoms with van der Waals surface area (Å²) in [5.74, 6) is -1.24. The number of ether oxygens (including phenoxy) is 2. The van der Waals surface area contributed by atoms with E-state index in [-0.39, 0.29) is 0 Å². The summed E-state index contributed by atoms with van der Waals surface area (Å²) in [4.78, 5) is 36.2. The number of hydrazine groups is 1. The van der Waals surface area contributed by atoms with Gasteiger partial charge < -0.3 is 9.47 Å². The largest absolute Gasteiger partial charge is 0.479 e. The molecule has 0 spiro atoms. The summed E-state index contributed by atoms with van der Waals surface area (Å²) in [5, 5.41) is 0. The average Bonchev–Trinajstić information content (AvgIpc) is 2.71. The van der Waals surface area contributed by atoms with E-state index < -0.39 is 30.0 Å². The molecule has 0 bridgehead atoms. The van der Waals surface area contributed by atoms with Gasteiger partial charge in [-0.25, -0.2) is 4.79 Å². The number of para-hydroxylation sites is 1.